The third-order valence-corrected chi connectivity index (χ3v) is 12.0. The molecule has 0 aromatic carbocycles. The van der Waals surface area contributed by atoms with Crippen molar-refractivity contribution < 1.29 is 17.0 Å². The number of rotatable bonds is 0. The minimum absolute atomic E-state index is 0. The first-order valence-electron chi connectivity index (χ1n) is 4.22. The Hall–Kier alpha value is 1.20. The molecule has 1 heterocycles. The Morgan fingerprint density at radius 3 is 1.42 bits per heavy atom. The van der Waals surface area contributed by atoms with Crippen LogP contribution in [0.4, 0.5) is 0 Å². The predicted octanol–water partition coefficient (Wildman–Crippen LogP) is 0.998. The van der Waals surface area contributed by atoms with E-state index in [9.17, 15) is 0 Å². The molecule has 74 valence electrons. The van der Waals surface area contributed by atoms with Gasteiger partial charge in [-0.25, -0.2) is 0 Å². The van der Waals surface area contributed by atoms with Crippen molar-refractivity contribution in [1.82, 2.24) is 0 Å². The summed E-state index contributed by atoms with van der Waals surface area (Å²) >= 11 is 6.59. The van der Waals surface area contributed by atoms with Crippen LogP contribution in [0, 0.1) is 5.92 Å². The standard InChI is InChI=1S/C9H19ClP.BrH/c1-7-8(2,3)11(6,10)9(7,4)5;/h7H,1-6H3;1H/q+1;/p-1. The van der Waals surface area contributed by atoms with Gasteiger partial charge in [0.25, 0.3) is 0 Å². The van der Waals surface area contributed by atoms with Gasteiger partial charge < -0.3 is 17.0 Å². The molecule has 0 spiro atoms. The molecule has 0 N–H and O–H groups in total. The van der Waals surface area contributed by atoms with Crippen LogP contribution in [0.3, 0.4) is 0 Å². The maximum atomic E-state index is 6.59. The van der Waals surface area contributed by atoms with Gasteiger partial charge in [-0.1, -0.05) is 6.92 Å². The molecule has 0 aromatic heterocycles. The summed E-state index contributed by atoms with van der Waals surface area (Å²) in [7, 11) is 0. The van der Waals surface area contributed by atoms with E-state index in [1.54, 1.807) is 0 Å². The summed E-state index contributed by atoms with van der Waals surface area (Å²) in [6.07, 6.45) is 0. The maximum absolute atomic E-state index is 6.59. The molecule has 1 aliphatic heterocycles. The zero-order valence-electron chi connectivity index (χ0n) is 8.78. The fraction of sp³-hybridized carbons (Fsp3) is 1.00. The van der Waals surface area contributed by atoms with Gasteiger partial charge in [-0.05, 0) is 27.7 Å². The van der Waals surface area contributed by atoms with Crippen molar-refractivity contribution in [3.63, 3.8) is 0 Å². The van der Waals surface area contributed by atoms with Gasteiger partial charge in [-0.15, -0.1) is 0 Å². The molecule has 0 atom stereocenters. The van der Waals surface area contributed by atoms with Crippen molar-refractivity contribution in [3.8, 4) is 0 Å². The minimum atomic E-state index is -1.21. The van der Waals surface area contributed by atoms with E-state index in [1.165, 1.54) is 0 Å². The summed E-state index contributed by atoms with van der Waals surface area (Å²) in [6, 6.07) is 0. The largest absolute Gasteiger partial charge is 1.00 e. The molecule has 0 radical (unpaired) electrons. The third-order valence-electron chi connectivity index (χ3n) is 4.28. The van der Waals surface area contributed by atoms with E-state index < -0.39 is 6.62 Å². The van der Waals surface area contributed by atoms with Crippen LogP contribution in [0.25, 0.3) is 0 Å². The summed E-state index contributed by atoms with van der Waals surface area (Å²) in [6.45, 7) is 12.6. The first-order chi connectivity index (χ1) is 4.65. The third kappa shape index (κ3) is 1.20. The molecule has 1 fully saturated rings. The molecule has 0 saturated carbocycles. The average Bonchev–Trinajstić information content (AvgIpc) is 1.84. The summed E-state index contributed by atoms with van der Waals surface area (Å²) in [5, 5.41) is 0.774. The Bertz CT molecular complexity index is 169. The molecule has 0 aliphatic carbocycles. The van der Waals surface area contributed by atoms with Gasteiger partial charge in [0.1, 0.15) is 6.62 Å². The summed E-state index contributed by atoms with van der Waals surface area (Å²) in [4.78, 5) is 0. The Balaban J connectivity index is 0.00000121. The lowest BCUT2D eigenvalue weighted by Gasteiger charge is -2.59. The molecule has 0 aromatic rings. The summed E-state index contributed by atoms with van der Waals surface area (Å²) < 4.78 is 0. The molecular formula is C9H19BrClP. The molecule has 0 nitrogen and oxygen atoms in total. The summed E-state index contributed by atoms with van der Waals surface area (Å²) in [5.74, 6) is 0.755. The van der Waals surface area contributed by atoms with Crippen molar-refractivity contribution >= 4 is 17.9 Å². The predicted molar refractivity (Wildman–Crippen MR) is 56.0 cm³/mol. The molecule has 0 amide bonds. The van der Waals surface area contributed by atoms with Crippen LogP contribution in [-0.2, 0) is 0 Å². The zero-order chi connectivity index (χ0) is 9.08. The smallest absolute Gasteiger partial charge is 0.122 e. The van der Waals surface area contributed by atoms with E-state index in [2.05, 4.69) is 41.3 Å². The highest BCUT2D eigenvalue weighted by atomic mass is 79.9. The first-order valence-corrected chi connectivity index (χ1v) is 7.36. The van der Waals surface area contributed by atoms with E-state index in [-0.39, 0.29) is 17.0 Å². The Labute approximate surface area is 92.3 Å². The van der Waals surface area contributed by atoms with Crippen LogP contribution >= 0.6 is 17.9 Å². The fourth-order valence-corrected chi connectivity index (χ4v) is 6.53. The second-order valence-corrected chi connectivity index (χ2v) is 11.1. The molecule has 12 heavy (non-hydrogen) atoms. The molecule has 3 heteroatoms. The Morgan fingerprint density at radius 1 is 1.08 bits per heavy atom. The highest BCUT2D eigenvalue weighted by Crippen LogP contribution is 2.90. The Morgan fingerprint density at radius 2 is 1.33 bits per heavy atom. The average molecular weight is 274 g/mol. The molecule has 1 saturated heterocycles. The van der Waals surface area contributed by atoms with Gasteiger partial charge in [0, 0.05) is 5.92 Å². The van der Waals surface area contributed by atoms with Crippen LogP contribution < -0.4 is 17.0 Å². The monoisotopic (exact) mass is 272 g/mol. The summed E-state index contributed by atoms with van der Waals surface area (Å²) in [5.41, 5.74) is 0. The molecule has 0 unspecified atom stereocenters. The van der Waals surface area contributed by atoms with Crippen molar-refractivity contribution in [3.05, 3.63) is 0 Å². The fourth-order valence-electron chi connectivity index (χ4n) is 2.27. The van der Waals surface area contributed by atoms with Crippen LogP contribution in [0.1, 0.15) is 34.6 Å². The van der Waals surface area contributed by atoms with Gasteiger partial charge in [0.2, 0.25) is 0 Å². The lowest BCUT2D eigenvalue weighted by atomic mass is 9.83. The second kappa shape index (κ2) is 3.11. The van der Waals surface area contributed by atoms with Crippen LogP contribution in [-0.4, -0.2) is 17.0 Å². The lowest BCUT2D eigenvalue weighted by Crippen LogP contribution is -3.00. The van der Waals surface area contributed by atoms with Crippen LogP contribution in [0.15, 0.2) is 0 Å². The molecule has 1 rings (SSSR count). The number of hydrogen-bond acceptors (Lipinski definition) is 0. The normalized spacial score (nSPS) is 42.8. The van der Waals surface area contributed by atoms with E-state index >= 15 is 0 Å². The lowest BCUT2D eigenvalue weighted by molar-refractivity contribution is -0.00000282. The van der Waals surface area contributed by atoms with Crippen molar-refractivity contribution in [2.75, 3.05) is 6.66 Å². The minimum Gasteiger partial charge on any atom is -1.00 e. The van der Waals surface area contributed by atoms with Crippen LogP contribution in [0.2, 0.25) is 0 Å². The van der Waals surface area contributed by atoms with Crippen molar-refractivity contribution in [1.29, 1.82) is 0 Å². The van der Waals surface area contributed by atoms with E-state index in [0.717, 1.165) is 5.92 Å². The van der Waals surface area contributed by atoms with Gasteiger partial charge in [0.05, 0.1) is 28.2 Å². The van der Waals surface area contributed by atoms with E-state index in [0.29, 0.717) is 10.3 Å². The first kappa shape index (κ1) is 13.2. The van der Waals surface area contributed by atoms with Crippen molar-refractivity contribution in [2.45, 2.75) is 44.9 Å². The number of halogens is 2. The van der Waals surface area contributed by atoms with Gasteiger partial charge in [-0.2, -0.15) is 0 Å². The molecule has 0 bridgehead atoms. The maximum Gasteiger partial charge on any atom is 0.122 e. The van der Waals surface area contributed by atoms with Gasteiger partial charge in [-0.3, -0.25) is 0 Å². The number of hydrogen-bond donors (Lipinski definition) is 0. The SMILES string of the molecule is CC1C(C)(C)[P+](C)(Cl)C1(C)C.[Br-]. The highest BCUT2D eigenvalue weighted by molar-refractivity contribution is 8.01. The van der Waals surface area contributed by atoms with Crippen molar-refractivity contribution in [2.24, 2.45) is 5.92 Å². The van der Waals surface area contributed by atoms with E-state index in [1.807, 2.05) is 0 Å². The quantitative estimate of drug-likeness (QED) is 0.578. The van der Waals surface area contributed by atoms with Gasteiger partial charge >= 0.3 is 0 Å². The topological polar surface area (TPSA) is 0 Å². The highest BCUT2D eigenvalue weighted by Gasteiger charge is 2.75. The second-order valence-electron chi connectivity index (χ2n) is 4.93. The Kier molecular flexibility index (Phi) is 3.42. The molecular weight excluding hydrogens is 254 g/mol. The zero-order valence-corrected chi connectivity index (χ0v) is 12.0. The van der Waals surface area contributed by atoms with Crippen LogP contribution in [0.5, 0.6) is 0 Å². The molecule has 1 aliphatic rings. The van der Waals surface area contributed by atoms with E-state index in [4.69, 9.17) is 11.2 Å². The van der Waals surface area contributed by atoms with Gasteiger partial charge in [0.15, 0.2) is 0 Å².